The largest absolute Gasteiger partial charge is 0.323 e. The van der Waals surface area contributed by atoms with E-state index in [-0.39, 0.29) is 0 Å². The summed E-state index contributed by atoms with van der Waals surface area (Å²) in [5.74, 6) is 1.75. The van der Waals surface area contributed by atoms with Crippen molar-refractivity contribution in [2.24, 2.45) is 0 Å². The molecule has 0 saturated carbocycles. The maximum absolute atomic E-state index is 5.87. The van der Waals surface area contributed by atoms with Crippen LogP contribution < -0.4 is 0 Å². The number of imidazole rings is 1. The molecule has 3 heteroatoms. The van der Waals surface area contributed by atoms with Gasteiger partial charge in [0.1, 0.15) is 5.82 Å². The Labute approximate surface area is 136 Å². The molecule has 0 unspecified atom stereocenters. The highest BCUT2D eigenvalue weighted by Crippen LogP contribution is 2.19. The molecule has 3 rings (SSSR count). The smallest absolute Gasteiger partial charge is 0.110 e. The van der Waals surface area contributed by atoms with Crippen LogP contribution in [0.15, 0.2) is 48.5 Å². The Bertz CT molecular complexity index is 744. The predicted molar refractivity (Wildman–Crippen MR) is 93.4 cm³/mol. The number of aryl methyl sites for hydroxylation is 1. The standard InChI is InChI=1S/C19H21ClN2/c1-2-3-8-19-21-17-6-4-5-7-18(17)22(19)14-16-11-9-15(13-20)10-12-16/h4-7,9-12H,2-3,8,13-14H2,1H3. The van der Waals surface area contributed by atoms with Crippen molar-refractivity contribution in [2.75, 3.05) is 0 Å². The summed E-state index contributed by atoms with van der Waals surface area (Å²) in [7, 11) is 0. The molecule has 0 aliphatic heterocycles. The second-order valence-electron chi connectivity index (χ2n) is 5.66. The number of aromatic nitrogens is 2. The van der Waals surface area contributed by atoms with Crippen LogP contribution in [0.4, 0.5) is 0 Å². The van der Waals surface area contributed by atoms with Gasteiger partial charge in [0, 0.05) is 18.8 Å². The molecule has 2 aromatic carbocycles. The van der Waals surface area contributed by atoms with Gasteiger partial charge in [-0.1, -0.05) is 49.7 Å². The van der Waals surface area contributed by atoms with Crippen molar-refractivity contribution in [2.45, 2.75) is 38.6 Å². The third-order valence-corrected chi connectivity index (χ3v) is 4.31. The average Bonchev–Trinajstić information content (AvgIpc) is 2.91. The van der Waals surface area contributed by atoms with E-state index in [9.17, 15) is 0 Å². The molecule has 0 aliphatic rings. The number of rotatable bonds is 6. The highest BCUT2D eigenvalue weighted by molar-refractivity contribution is 6.17. The van der Waals surface area contributed by atoms with Crippen LogP contribution in [-0.4, -0.2) is 9.55 Å². The van der Waals surface area contributed by atoms with Gasteiger partial charge in [-0.2, -0.15) is 0 Å². The lowest BCUT2D eigenvalue weighted by molar-refractivity contribution is 0.690. The first-order valence-electron chi connectivity index (χ1n) is 7.89. The molecule has 3 aromatic rings. The molecular weight excluding hydrogens is 292 g/mol. The van der Waals surface area contributed by atoms with Crippen LogP contribution in [0, 0.1) is 0 Å². The topological polar surface area (TPSA) is 17.8 Å². The number of fused-ring (bicyclic) bond motifs is 1. The molecule has 0 amide bonds. The Morgan fingerprint density at radius 2 is 1.73 bits per heavy atom. The molecule has 0 atom stereocenters. The normalized spacial score (nSPS) is 11.2. The molecule has 0 radical (unpaired) electrons. The summed E-state index contributed by atoms with van der Waals surface area (Å²) in [4.78, 5) is 4.82. The van der Waals surface area contributed by atoms with Gasteiger partial charge in [0.25, 0.3) is 0 Å². The van der Waals surface area contributed by atoms with Gasteiger partial charge in [-0.25, -0.2) is 4.98 Å². The second-order valence-corrected chi connectivity index (χ2v) is 5.92. The number of para-hydroxylation sites is 2. The second kappa shape index (κ2) is 6.97. The third-order valence-electron chi connectivity index (χ3n) is 4.01. The predicted octanol–water partition coefficient (Wildman–Crippen LogP) is 5.17. The number of alkyl halides is 1. The van der Waals surface area contributed by atoms with E-state index < -0.39 is 0 Å². The van der Waals surface area contributed by atoms with E-state index in [0.717, 1.165) is 24.0 Å². The Balaban J connectivity index is 1.95. The first kappa shape index (κ1) is 15.1. The molecule has 0 bridgehead atoms. The van der Waals surface area contributed by atoms with Crippen molar-refractivity contribution in [3.05, 3.63) is 65.5 Å². The summed E-state index contributed by atoms with van der Waals surface area (Å²) in [6, 6.07) is 16.9. The summed E-state index contributed by atoms with van der Waals surface area (Å²) < 4.78 is 2.35. The van der Waals surface area contributed by atoms with Gasteiger partial charge in [-0.05, 0) is 29.7 Å². The average molecular weight is 313 g/mol. The van der Waals surface area contributed by atoms with Crippen molar-refractivity contribution in [3.63, 3.8) is 0 Å². The van der Waals surface area contributed by atoms with Crippen LogP contribution in [0.5, 0.6) is 0 Å². The van der Waals surface area contributed by atoms with E-state index >= 15 is 0 Å². The Morgan fingerprint density at radius 3 is 2.45 bits per heavy atom. The third kappa shape index (κ3) is 3.17. The molecule has 0 N–H and O–H groups in total. The first-order chi connectivity index (χ1) is 10.8. The van der Waals surface area contributed by atoms with E-state index in [1.54, 1.807) is 0 Å². The number of benzene rings is 2. The molecule has 1 aromatic heterocycles. The van der Waals surface area contributed by atoms with Crippen LogP contribution >= 0.6 is 11.6 Å². The molecular formula is C19H21ClN2. The van der Waals surface area contributed by atoms with E-state index in [1.165, 1.54) is 29.7 Å². The quantitative estimate of drug-likeness (QED) is 0.574. The Hall–Kier alpha value is -1.80. The Kier molecular flexibility index (Phi) is 4.79. The zero-order valence-corrected chi connectivity index (χ0v) is 13.7. The molecule has 0 saturated heterocycles. The van der Waals surface area contributed by atoms with Crippen molar-refractivity contribution in [1.82, 2.24) is 9.55 Å². The monoisotopic (exact) mass is 312 g/mol. The van der Waals surface area contributed by atoms with Crippen molar-refractivity contribution in [3.8, 4) is 0 Å². The minimum absolute atomic E-state index is 0.566. The first-order valence-corrected chi connectivity index (χ1v) is 8.43. The lowest BCUT2D eigenvalue weighted by Crippen LogP contribution is -2.05. The van der Waals surface area contributed by atoms with Crippen LogP contribution in [0.1, 0.15) is 36.7 Å². The van der Waals surface area contributed by atoms with Gasteiger partial charge in [0.05, 0.1) is 11.0 Å². The van der Waals surface area contributed by atoms with Crippen LogP contribution in [-0.2, 0) is 18.8 Å². The zero-order valence-electron chi connectivity index (χ0n) is 12.9. The fourth-order valence-electron chi connectivity index (χ4n) is 2.74. The van der Waals surface area contributed by atoms with Gasteiger partial charge < -0.3 is 4.57 Å². The van der Waals surface area contributed by atoms with Gasteiger partial charge >= 0.3 is 0 Å². The molecule has 22 heavy (non-hydrogen) atoms. The fourth-order valence-corrected chi connectivity index (χ4v) is 2.92. The van der Waals surface area contributed by atoms with Gasteiger partial charge in [-0.3, -0.25) is 0 Å². The summed E-state index contributed by atoms with van der Waals surface area (Å²) in [5.41, 5.74) is 4.75. The fraction of sp³-hybridized carbons (Fsp3) is 0.316. The molecule has 1 heterocycles. The molecule has 0 aliphatic carbocycles. The lowest BCUT2D eigenvalue weighted by atomic mass is 10.1. The lowest BCUT2D eigenvalue weighted by Gasteiger charge is -2.10. The maximum Gasteiger partial charge on any atom is 0.110 e. The van der Waals surface area contributed by atoms with Crippen molar-refractivity contribution >= 4 is 22.6 Å². The number of unbranched alkanes of at least 4 members (excludes halogenated alkanes) is 1. The van der Waals surface area contributed by atoms with Gasteiger partial charge in [0.15, 0.2) is 0 Å². The zero-order chi connectivity index (χ0) is 15.4. The van der Waals surface area contributed by atoms with Gasteiger partial charge in [0.2, 0.25) is 0 Å². The van der Waals surface area contributed by atoms with E-state index in [2.05, 4.69) is 60.0 Å². The maximum atomic E-state index is 5.87. The summed E-state index contributed by atoms with van der Waals surface area (Å²) in [5, 5.41) is 0. The number of halogens is 1. The number of nitrogens with zero attached hydrogens (tertiary/aromatic N) is 2. The minimum Gasteiger partial charge on any atom is -0.323 e. The summed E-state index contributed by atoms with van der Waals surface area (Å²) in [6.45, 7) is 3.08. The van der Waals surface area contributed by atoms with Crippen LogP contribution in [0.2, 0.25) is 0 Å². The van der Waals surface area contributed by atoms with Crippen LogP contribution in [0.3, 0.4) is 0 Å². The molecule has 0 fully saturated rings. The molecule has 2 nitrogen and oxygen atoms in total. The number of hydrogen-bond acceptors (Lipinski definition) is 1. The van der Waals surface area contributed by atoms with Gasteiger partial charge in [-0.15, -0.1) is 11.6 Å². The molecule has 0 spiro atoms. The highest BCUT2D eigenvalue weighted by atomic mass is 35.5. The van der Waals surface area contributed by atoms with Crippen LogP contribution in [0.25, 0.3) is 11.0 Å². The van der Waals surface area contributed by atoms with E-state index in [0.29, 0.717) is 5.88 Å². The minimum atomic E-state index is 0.566. The number of hydrogen-bond donors (Lipinski definition) is 0. The Morgan fingerprint density at radius 1 is 1.00 bits per heavy atom. The summed E-state index contributed by atoms with van der Waals surface area (Å²) >= 11 is 5.87. The highest BCUT2D eigenvalue weighted by Gasteiger charge is 2.10. The van der Waals surface area contributed by atoms with E-state index in [1.807, 2.05) is 0 Å². The SMILES string of the molecule is CCCCc1nc2ccccc2n1Cc1ccc(CCl)cc1. The van der Waals surface area contributed by atoms with Crippen molar-refractivity contribution in [1.29, 1.82) is 0 Å². The summed E-state index contributed by atoms with van der Waals surface area (Å²) in [6.07, 6.45) is 3.40. The van der Waals surface area contributed by atoms with E-state index in [4.69, 9.17) is 16.6 Å². The molecule has 114 valence electrons. The van der Waals surface area contributed by atoms with Crippen molar-refractivity contribution < 1.29 is 0 Å².